The zero-order valence-electron chi connectivity index (χ0n) is 15.9. The molecule has 0 radical (unpaired) electrons. The molecule has 0 aliphatic carbocycles. The number of carbonyl (C=O) groups excluding carboxylic acids is 2. The zero-order valence-corrected chi connectivity index (χ0v) is 15.9. The molecule has 2 amide bonds. The number of aryl methyl sites for hydroxylation is 2. The van der Waals surface area contributed by atoms with Crippen molar-refractivity contribution in [3.63, 3.8) is 0 Å². The molecule has 0 aliphatic rings. The molecule has 146 valence electrons. The molecule has 2 aromatic rings. The number of nitrogens with zero attached hydrogens (tertiary/aromatic N) is 5. The molecule has 11 heteroatoms. The van der Waals surface area contributed by atoms with Gasteiger partial charge in [-0.3, -0.25) is 29.1 Å². The molecule has 1 unspecified atom stereocenters. The first-order chi connectivity index (χ1) is 12.6. The van der Waals surface area contributed by atoms with E-state index < -0.39 is 16.9 Å². The summed E-state index contributed by atoms with van der Waals surface area (Å²) >= 11 is 0. The number of carbonyl (C=O) groups is 2. The van der Waals surface area contributed by atoms with E-state index in [9.17, 15) is 19.7 Å². The van der Waals surface area contributed by atoms with Crippen molar-refractivity contribution in [3.05, 3.63) is 33.9 Å². The lowest BCUT2D eigenvalue weighted by molar-refractivity contribution is -0.385. The molecule has 0 aromatic carbocycles. The van der Waals surface area contributed by atoms with Crippen molar-refractivity contribution in [3.8, 4) is 0 Å². The summed E-state index contributed by atoms with van der Waals surface area (Å²) in [5, 5.41) is 24.4. The third kappa shape index (κ3) is 4.49. The van der Waals surface area contributed by atoms with Crippen LogP contribution in [0.4, 0.5) is 11.4 Å². The molecule has 27 heavy (non-hydrogen) atoms. The Morgan fingerprint density at radius 2 is 2.00 bits per heavy atom. The highest BCUT2D eigenvalue weighted by Gasteiger charge is 2.25. The van der Waals surface area contributed by atoms with Crippen molar-refractivity contribution in [2.24, 2.45) is 13.0 Å². The van der Waals surface area contributed by atoms with Crippen LogP contribution in [0.3, 0.4) is 0 Å². The van der Waals surface area contributed by atoms with Crippen molar-refractivity contribution in [1.29, 1.82) is 0 Å². The number of rotatable bonds is 7. The van der Waals surface area contributed by atoms with Gasteiger partial charge in [-0.05, 0) is 19.8 Å². The van der Waals surface area contributed by atoms with Crippen molar-refractivity contribution >= 4 is 23.2 Å². The maximum Gasteiger partial charge on any atom is 0.309 e. The molecule has 0 fully saturated rings. The van der Waals surface area contributed by atoms with E-state index in [-0.39, 0.29) is 34.6 Å². The first-order valence-electron chi connectivity index (χ1n) is 8.43. The van der Waals surface area contributed by atoms with Gasteiger partial charge in [0, 0.05) is 13.6 Å². The average Bonchev–Trinajstić information content (AvgIpc) is 3.15. The van der Waals surface area contributed by atoms with Crippen LogP contribution in [0.5, 0.6) is 0 Å². The van der Waals surface area contributed by atoms with Crippen LogP contribution in [0.1, 0.15) is 43.0 Å². The van der Waals surface area contributed by atoms with E-state index >= 15 is 0 Å². The molecule has 0 bridgehead atoms. The fourth-order valence-electron chi connectivity index (χ4n) is 2.39. The molecule has 2 aromatic heterocycles. The van der Waals surface area contributed by atoms with Gasteiger partial charge in [-0.1, -0.05) is 13.8 Å². The summed E-state index contributed by atoms with van der Waals surface area (Å²) < 4.78 is 2.59. The van der Waals surface area contributed by atoms with Crippen LogP contribution >= 0.6 is 0 Å². The standard InChI is InChI=1S/C16H23N7O4/c1-9(2)6-17-16(25)14-12(7-18-21(14)5)19-15(24)11(4)22-8-13(23(26)27)10(3)20-22/h7-9,11H,6H2,1-5H3,(H,17,25)(H,19,24). The monoisotopic (exact) mass is 377 g/mol. The van der Waals surface area contributed by atoms with Crippen molar-refractivity contribution in [2.45, 2.75) is 33.7 Å². The predicted octanol–water partition coefficient (Wildman–Crippen LogP) is 1.42. The Morgan fingerprint density at radius 3 is 2.56 bits per heavy atom. The van der Waals surface area contributed by atoms with Gasteiger partial charge >= 0.3 is 5.69 Å². The van der Waals surface area contributed by atoms with E-state index in [0.29, 0.717) is 6.54 Å². The van der Waals surface area contributed by atoms with E-state index in [1.54, 1.807) is 14.0 Å². The van der Waals surface area contributed by atoms with Gasteiger partial charge in [0.1, 0.15) is 23.6 Å². The van der Waals surface area contributed by atoms with Gasteiger partial charge in [0.05, 0.1) is 16.8 Å². The highest BCUT2D eigenvalue weighted by Crippen LogP contribution is 2.20. The average molecular weight is 377 g/mol. The largest absolute Gasteiger partial charge is 0.350 e. The van der Waals surface area contributed by atoms with E-state index in [2.05, 4.69) is 20.8 Å². The number of hydrogen-bond donors (Lipinski definition) is 2. The number of anilines is 1. The van der Waals surface area contributed by atoms with Gasteiger partial charge in [-0.25, -0.2) is 0 Å². The summed E-state index contributed by atoms with van der Waals surface area (Å²) in [5.74, 6) is -0.547. The lowest BCUT2D eigenvalue weighted by Crippen LogP contribution is -2.31. The number of aromatic nitrogens is 4. The minimum Gasteiger partial charge on any atom is -0.350 e. The van der Waals surface area contributed by atoms with Gasteiger partial charge in [0.25, 0.3) is 5.91 Å². The molecule has 1 atom stereocenters. The molecule has 0 saturated carbocycles. The Morgan fingerprint density at radius 1 is 1.33 bits per heavy atom. The highest BCUT2D eigenvalue weighted by atomic mass is 16.6. The third-order valence-electron chi connectivity index (χ3n) is 3.95. The topological polar surface area (TPSA) is 137 Å². The van der Waals surface area contributed by atoms with E-state index in [1.165, 1.54) is 28.7 Å². The molecule has 2 N–H and O–H groups in total. The summed E-state index contributed by atoms with van der Waals surface area (Å²) in [4.78, 5) is 35.3. The fourth-order valence-corrected chi connectivity index (χ4v) is 2.39. The van der Waals surface area contributed by atoms with Gasteiger partial charge < -0.3 is 10.6 Å². The number of nitrogens with one attached hydrogen (secondary N) is 2. The number of nitro groups is 1. The first-order valence-corrected chi connectivity index (χ1v) is 8.43. The van der Waals surface area contributed by atoms with Crippen molar-refractivity contribution < 1.29 is 14.5 Å². The van der Waals surface area contributed by atoms with Crippen LogP contribution in [0.25, 0.3) is 0 Å². The molecule has 0 aliphatic heterocycles. The molecule has 11 nitrogen and oxygen atoms in total. The highest BCUT2D eigenvalue weighted by molar-refractivity contribution is 6.03. The lowest BCUT2D eigenvalue weighted by atomic mass is 10.2. The Bertz CT molecular complexity index is 868. The van der Waals surface area contributed by atoms with Gasteiger partial charge in [-0.2, -0.15) is 10.2 Å². The second kappa shape index (κ2) is 7.98. The summed E-state index contributed by atoms with van der Waals surface area (Å²) in [6, 6.07) is -0.816. The zero-order chi connectivity index (χ0) is 20.3. The minimum absolute atomic E-state index is 0.162. The molecular weight excluding hydrogens is 354 g/mol. The number of amides is 2. The Hall–Kier alpha value is -3.24. The first kappa shape index (κ1) is 20.1. The lowest BCUT2D eigenvalue weighted by Gasteiger charge is -2.13. The molecule has 0 saturated heterocycles. The summed E-state index contributed by atoms with van der Waals surface area (Å²) in [5.41, 5.74) is 0.535. The van der Waals surface area contributed by atoms with Gasteiger partial charge in [0.15, 0.2) is 0 Å². The predicted molar refractivity (Wildman–Crippen MR) is 97.3 cm³/mol. The summed E-state index contributed by atoms with van der Waals surface area (Å²) in [6.45, 7) is 7.49. The fraction of sp³-hybridized carbons (Fsp3) is 0.500. The van der Waals surface area contributed by atoms with E-state index in [1.807, 2.05) is 13.8 Å². The van der Waals surface area contributed by atoms with E-state index in [4.69, 9.17) is 0 Å². The third-order valence-corrected chi connectivity index (χ3v) is 3.95. The number of hydrogen-bond acceptors (Lipinski definition) is 6. The maximum absolute atomic E-state index is 12.5. The normalized spacial score (nSPS) is 12.1. The minimum atomic E-state index is -0.816. The van der Waals surface area contributed by atoms with Gasteiger partial charge in [0.2, 0.25) is 5.91 Å². The van der Waals surface area contributed by atoms with Gasteiger partial charge in [-0.15, -0.1) is 0 Å². The van der Waals surface area contributed by atoms with Crippen LogP contribution in [0.2, 0.25) is 0 Å². The smallest absolute Gasteiger partial charge is 0.309 e. The van der Waals surface area contributed by atoms with Crippen LogP contribution in [-0.2, 0) is 11.8 Å². The van der Waals surface area contributed by atoms with Crippen molar-refractivity contribution in [2.75, 3.05) is 11.9 Å². The van der Waals surface area contributed by atoms with Crippen LogP contribution in [-0.4, -0.2) is 42.8 Å². The van der Waals surface area contributed by atoms with Crippen LogP contribution in [0, 0.1) is 23.0 Å². The molecule has 0 spiro atoms. The Labute approximate surface area is 155 Å². The second-order valence-electron chi connectivity index (χ2n) is 6.64. The summed E-state index contributed by atoms with van der Waals surface area (Å²) in [7, 11) is 1.60. The maximum atomic E-state index is 12.5. The SMILES string of the molecule is Cc1nn(C(C)C(=O)Nc2cnn(C)c2C(=O)NCC(C)C)cc1[N+](=O)[O-]. The quantitative estimate of drug-likeness (QED) is 0.553. The molecule has 2 rings (SSSR count). The molecule has 2 heterocycles. The Kier molecular flexibility index (Phi) is 5.93. The van der Waals surface area contributed by atoms with Crippen LogP contribution in [0.15, 0.2) is 12.4 Å². The Balaban J connectivity index is 2.17. The second-order valence-corrected chi connectivity index (χ2v) is 6.64. The van der Waals surface area contributed by atoms with Crippen LogP contribution < -0.4 is 10.6 Å². The molecular formula is C16H23N7O4. The van der Waals surface area contributed by atoms with E-state index in [0.717, 1.165) is 0 Å². The van der Waals surface area contributed by atoms with Crippen molar-refractivity contribution in [1.82, 2.24) is 24.9 Å². The summed E-state index contributed by atoms with van der Waals surface area (Å²) in [6.07, 6.45) is 2.59.